The Kier molecular flexibility index (Phi) is 4.11. The van der Waals surface area contributed by atoms with Crippen LogP contribution in [0.4, 0.5) is 5.00 Å². The summed E-state index contributed by atoms with van der Waals surface area (Å²) in [6.45, 7) is 1.48. The second kappa shape index (κ2) is 5.80. The SMILES string of the molecule is CC(O)c1cn(CC(=O)Nc2sccc2C(N)=O)nn1. The molecule has 2 amide bonds. The molecule has 4 N–H and O–H groups in total. The summed E-state index contributed by atoms with van der Waals surface area (Å²) < 4.78 is 1.30. The van der Waals surface area contributed by atoms with Gasteiger partial charge < -0.3 is 16.2 Å². The van der Waals surface area contributed by atoms with Gasteiger partial charge in [-0.2, -0.15) is 0 Å². The van der Waals surface area contributed by atoms with E-state index in [0.717, 1.165) is 0 Å². The number of hydrogen-bond donors (Lipinski definition) is 3. The van der Waals surface area contributed by atoms with Crippen molar-refractivity contribution in [1.29, 1.82) is 0 Å². The topological polar surface area (TPSA) is 123 Å². The molecular formula is C11H13N5O3S. The number of primary amides is 1. The second-order valence-corrected chi connectivity index (χ2v) is 5.01. The molecular weight excluding hydrogens is 282 g/mol. The summed E-state index contributed by atoms with van der Waals surface area (Å²) in [6, 6.07) is 1.55. The van der Waals surface area contributed by atoms with Gasteiger partial charge in [-0.25, -0.2) is 4.68 Å². The predicted octanol–water partition coefficient (Wildman–Crippen LogP) is 0.130. The maximum Gasteiger partial charge on any atom is 0.251 e. The monoisotopic (exact) mass is 295 g/mol. The second-order valence-electron chi connectivity index (χ2n) is 4.09. The normalized spacial score (nSPS) is 12.1. The molecule has 0 bridgehead atoms. The van der Waals surface area contributed by atoms with Crippen LogP contribution >= 0.6 is 11.3 Å². The maximum atomic E-state index is 11.8. The Hall–Kier alpha value is -2.26. The lowest BCUT2D eigenvalue weighted by Gasteiger charge is -2.04. The summed E-state index contributed by atoms with van der Waals surface area (Å²) in [5.74, 6) is -0.962. The van der Waals surface area contributed by atoms with Crippen molar-refractivity contribution in [3.05, 3.63) is 28.9 Å². The molecule has 106 valence electrons. The van der Waals surface area contributed by atoms with Crippen LogP contribution in [0.3, 0.4) is 0 Å². The van der Waals surface area contributed by atoms with Crippen LogP contribution in [0, 0.1) is 0 Å². The number of hydrogen-bond acceptors (Lipinski definition) is 6. The number of anilines is 1. The van der Waals surface area contributed by atoms with E-state index < -0.39 is 12.0 Å². The minimum Gasteiger partial charge on any atom is -0.387 e. The van der Waals surface area contributed by atoms with Crippen LogP contribution in [0.15, 0.2) is 17.6 Å². The van der Waals surface area contributed by atoms with Crippen molar-refractivity contribution in [3.63, 3.8) is 0 Å². The molecule has 0 radical (unpaired) electrons. The summed E-state index contributed by atoms with van der Waals surface area (Å²) in [5.41, 5.74) is 5.84. The zero-order valence-corrected chi connectivity index (χ0v) is 11.4. The number of aliphatic hydroxyl groups is 1. The summed E-state index contributed by atoms with van der Waals surface area (Å²) in [6.07, 6.45) is 0.735. The maximum absolute atomic E-state index is 11.8. The average molecular weight is 295 g/mol. The minimum atomic E-state index is -0.745. The third-order valence-corrected chi connectivity index (χ3v) is 3.30. The van der Waals surface area contributed by atoms with Crippen molar-refractivity contribution in [2.24, 2.45) is 5.73 Å². The van der Waals surface area contributed by atoms with E-state index in [-0.39, 0.29) is 18.0 Å². The lowest BCUT2D eigenvalue weighted by atomic mass is 10.3. The van der Waals surface area contributed by atoms with E-state index in [2.05, 4.69) is 15.6 Å². The quantitative estimate of drug-likeness (QED) is 0.723. The van der Waals surface area contributed by atoms with Crippen molar-refractivity contribution in [1.82, 2.24) is 15.0 Å². The smallest absolute Gasteiger partial charge is 0.251 e. The number of carbonyl (C=O) groups excluding carboxylic acids is 2. The molecule has 0 saturated carbocycles. The third-order valence-electron chi connectivity index (χ3n) is 2.47. The van der Waals surface area contributed by atoms with E-state index in [9.17, 15) is 14.7 Å². The molecule has 0 saturated heterocycles. The van der Waals surface area contributed by atoms with Gasteiger partial charge in [0.2, 0.25) is 5.91 Å². The largest absolute Gasteiger partial charge is 0.387 e. The first kappa shape index (κ1) is 14.2. The van der Waals surface area contributed by atoms with Crippen molar-refractivity contribution in [3.8, 4) is 0 Å². The number of aliphatic hydroxyl groups excluding tert-OH is 1. The Balaban J connectivity index is 2.01. The van der Waals surface area contributed by atoms with Gasteiger partial charge in [0.15, 0.2) is 0 Å². The lowest BCUT2D eigenvalue weighted by Crippen LogP contribution is -2.21. The highest BCUT2D eigenvalue weighted by atomic mass is 32.1. The van der Waals surface area contributed by atoms with E-state index >= 15 is 0 Å². The number of thiophene rings is 1. The molecule has 8 nitrogen and oxygen atoms in total. The van der Waals surface area contributed by atoms with Crippen molar-refractivity contribution in [2.45, 2.75) is 19.6 Å². The molecule has 9 heteroatoms. The van der Waals surface area contributed by atoms with Gasteiger partial charge in [-0.3, -0.25) is 9.59 Å². The summed E-state index contributed by atoms with van der Waals surface area (Å²) in [5, 5.41) is 21.4. The lowest BCUT2D eigenvalue weighted by molar-refractivity contribution is -0.116. The first-order valence-electron chi connectivity index (χ1n) is 5.72. The molecule has 2 aromatic rings. The third kappa shape index (κ3) is 3.19. The fourth-order valence-electron chi connectivity index (χ4n) is 1.50. The van der Waals surface area contributed by atoms with Gasteiger partial charge in [0.1, 0.15) is 17.2 Å². The fourth-order valence-corrected chi connectivity index (χ4v) is 2.30. The molecule has 0 aliphatic heterocycles. The predicted molar refractivity (Wildman–Crippen MR) is 72.1 cm³/mol. The highest BCUT2D eigenvalue weighted by Crippen LogP contribution is 2.22. The molecule has 2 rings (SSSR count). The van der Waals surface area contributed by atoms with Crippen LogP contribution in [0.1, 0.15) is 29.1 Å². The highest BCUT2D eigenvalue weighted by molar-refractivity contribution is 7.14. The average Bonchev–Trinajstić information content (AvgIpc) is 2.97. The molecule has 2 heterocycles. The van der Waals surface area contributed by atoms with E-state index in [0.29, 0.717) is 10.7 Å². The number of rotatable bonds is 5. The van der Waals surface area contributed by atoms with Crippen LogP contribution in [0.5, 0.6) is 0 Å². The Labute approximate surface area is 118 Å². The standard InChI is InChI=1S/C11H13N5O3S/c1-6(17)8-4-16(15-14-8)5-9(18)13-11-7(10(12)19)2-3-20-11/h2-4,6,17H,5H2,1H3,(H2,12,19)(H,13,18). The fraction of sp³-hybridized carbons (Fsp3) is 0.273. The zero-order chi connectivity index (χ0) is 14.7. The molecule has 0 aliphatic rings. The van der Waals surface area contributed by atoms with Gasteiger partial charge in [-0.1, -0.05) is 5.21 Å². The van der Waals surface area contributed by atoms with E-state index in [1.54, 1.807) is 18.4 Å². The molecule has 0 aromatic carbocycles. The Morgan fingerprint density at radius 2 is 2.35 bits per heavy atom. The summed E-state index contributed by atoms with van der Waals surface area (Å²) >= 11 is 1.21. The zero-order valence-electron chi connectivity index (χ0n) is 10.6. The summed E-state index contributed by atoms with van der Waals surface area (Å²) in [7, 11) is 0. The van der Waals surface area contributed by atoms with Gasteiger partial charge >= 0.3 is 0 Å². The molecule has 1 atom stereocenters. The number of aromatic nitrogens is 3. The number of nitrogens with two attached hydrogens (primary N) is 1. The van der Waals surface area contributed by atoms with Gasteiger partial charge in [0.05, 0.1) is 17.9 Å². The van der Waals surface area contributed by atoms with E-state index in [1.807, 2.05) is 0 Å². The first-order chi connectivity index (χ1) is 9.47. The molecule has 20 heavy (non-hydrogen) atoms. The van der Waals surface area contributed by atoms with Crippen molar-refractivity contribution < 1.29 is 14.7 Å². The number of nitrogens with one attached hydrogen (secondary N) is 1. The van der Waals surface area contributed by atoms with E-state index in [1.165, 1.54) is 22.2 Å². The highest BCUT2D eigenvalue weighted by Gasteiger charge is 2.14. The molecule has 1 unspecified atom stereocenters. The number of amides is 2. The van der Waals surface area contributed by atoms with Crippen LogP contribution in [-0.2, 0) is 11.3 Å². The van der Waals surface area contributed by atoms with Crippen molar-refractivity contribution in [2.75, 3.05) is 5.32 Å². The van der Waals surface area contributed by atoms with Gasteiger partial charge in [-0.15, -0.1) is 16.4 Å². The Bertz CT molecular complexity index is 634. The Morgan fingerprint density at radius 3 is 2.95 bits per heavy atom. The van der Waals surface area contributed by atoms with Gasteiger partial charge in [0, 0.05) is 0 Å². The molecule has 2 aromatic heterocycles. The first-order valence-corrected chi connectivity index (χ1v) is 6.60. The van der Waals surface area contributed by atoms with Crippen LogP contribution in [-0.4, -0.2) is 31.9 Å². The number of carbonyl (C=O) groups is 2. The van der Waals surface area contributed by atoms with Crippen molar-refractivity contribution >= 4 is 28.2 Å². The Morgan fingerprint density at radius 1 is 1.60 bits per heavy atom. The van der Waals surface area contributed by atoms with Gasteiger partial charge in [-0.05, 0) is 18.4 Å². The summed E-state index contributed by atoms with van der Waals surface area (Å²) in [4.78, 5) is 22.9. The van der Waals surface area contributed by atoms with Crippen LogP contribution in [0.2, 0.25) is 0 Å². The van der Waals surface area contributed by atoms with Crippen LogP contribution < -0.4 is 11.1 Å². The molecule has 0 aliphatic carbocycles. The van der Waals surface area contributed by atoms with Crippen LogP contribution in [0.25, 0.3) is 0 Å². The number of nitrogens with zero attached hydrogens (tertiary/aromatic N) is 3. The van der Waals surface area contributed by atoms with Gasteiger partial charge in [0.25, 0.3) is 5.91 Å². The minimum absolute atomic E-state index is 0.0736. The molecule has 0 fully saturated rings. The van der Waals surface area contributed by atoms with E-state index in [4.69, 9.17) is 5.73 Å². The molecule has 0 spiro atoms.